The number of hydrogen-bond acceptors (Lipinski definition) is 4. The topological polar surface area (TPSA) is 70.7 Å². The van der Waals surface area contributed by atoms with Crippen molar-refractivity contribution < 1.29 is 14.3 Å². The van der Waals surface area contributed by atoms with Gasteiger partial charge in [0.15, 0.2) is 5.11 Å². The molecule has 2 N–H and O–H groups in total. The minimum atomic E-state index is -0.336. The van der Waals surface area contributed by atoms with Gasteiger partial charge in [0.05, 0.1) is 11.1 Å². The molecular formula is C25H24BrN3O3S. The number of ether oxygens (including phenoxy) is 1. The monoisotopic (exact) mass is 525 g/mol. The molecule has 6 nitrogen and oxygen atoms in total. The lowest BCUT2D eigenvalue weighted by molar-refractivity contribution is -0.116. The minimum absolute atomic E-state index is 0.0581. The number of carbonyl (C=O) groups is 2. The van der Waals surface area contributed by atoms with Crippen molar-refractivity contribution in [3.8, 4) is 5.75 Å². The number of nitrogens with zero attached hydrogens (tertiary/aromatic N) is 1. The molecule has 0 unspecified atom stereocenters. The molecule has 3 aromatic rings. The largest absolute Gasteiger partial charge is 0.492 e. The molecule has 3 aromatic carbocycles. The van der Waals surface area contributed by atoms with Crippen LogP contribution in [0.2, 0.25) is 0 Å². The summed E-state index contributed by atoms with van der Waals surface area (Å²) < 4.78 is 6.52. The van der Waals surface area contributed by atoms with Crippen LogP contribution in [-0.4, -0.2) is 30.6 Å². The molecule has 0 fully saturated rings. The molecule has 0 saturated heterocycles. The molecule has 2 amide bonds. The van der Waals surface area contributed by atoms with E-state index in [-0.39, 0.29) is 16.9 Å². The molecule has 170 valence electrons. The van der Waals surface area contributed by atoms with Crippen LogP contribution in [0.5, 0.6) is 5.75 Å². The summed E-state index contributed by atoms with van der Waals surface area (Å²) in [6.45, 7) is 2.03. The molecule has 0 heterocycles. The third-order valence-electron chi connectivity index (χ3n) is 4.90. The predicted molar refractivity (Wildman–Crippen MR) is 139 cm³/mol. The number of anilines is 2. The molecule has 0 bridgehead atoms. The van der Waals surface area contributed by atoms with Gasteiger partial charge in [0.1, 0.15) is 5.75 Å². The highest BCUT2D eigenvalue weighted by Crippen LogP contribution is 2.26. The number of amides is 2. The second-order valence-corrected chi connectivity index (χ2v) is 8.53. The zero-order chi connectivity index (χ0) is 23.8. The maximum atomic E-state index is 12.6. The van der Waals surface area contributed by atoms with Crippen LogP contribution in [0.4, 0.5) is 11.4 Å². The van der Waals surface area contributed by atoms with E-state index in [2.05, 4.69) is 38.7 Å². The summed E-state index contributed by atoms with van der Waals surface area (Å²) in [5, 5.41) is 5.81. The molecular weight excluding hydrogens is 502 g/mol. The van der Waals surface area contributed by atoms with Gasteiger partial charge in [-0.2, -0.15) is 0 Å². The van der Waals surface area contributed by atoms with Crippen LogP contribution < -0.4 is 20.3 Å². The van der Waals surface area contributed by atoms with Crippen LogP contribution in [0, 0.1) is 0 Å². The number of carbonyl (C=O) groups excluding carboxylic acids is 2. The van der Waals surface area contributed by atoms with Gasteiger partial charge in [-0.1, -0.05) is 30.3 Å². The molecule has 8 heteroatoms. The number of thiocarbonyl (C=S) groups is 1. The molecule has 0 aromatic heterocycles. The SMILES string of the molecule is CC(=O)N(C)c1ccc(NC(=S)NC(=O)c2ccc(OCCc3ccccc3)c(Br)c2)cc1. The zero-order valence-electron chi connectivity index (χ0n) is 18.3. The predicted octanol–water partition coefficient (Wildman–Crippen LogP) is 5.18. The Hall–Kier alpha value is -3.23. The van der Waals surface area contributed by atoms with Crippen molar-refractivity contribution in [2.45, 2.75) is 13.3 Å². The number of hydrogen-bond donors (Lipinski definition) is 2. The van der Waals surface area contributed by atoms with Crippen LogP contribution >= 0.6 is 28.1 Å². The first-order valence-electron chi connectivity index (χ1n) is 10.3. The van der Waals surface area contributed by atoms with Crippen LogP contribution in [0.1, 0.15) is 22.8 Å². The smallest absolute Gasteiger partial charge is 0.257 e. The van der Waals surface area contributed by atoms with Crippen molar-refractivity contribution in [3.63, 3.8) is 0 Å². The molecule has 0 aliphatic rings. The quantitative estimate of drug-likeness (QED) is 0.416. The third-order valence-corrected chi connectivity index (χ3v) is 5.72. The normalized spacial score (nSPS) is 10.3. The first-order chi connectivity index (χ1) is 15.8. The van der Waals surface area contributed by atoms with Gasteiger partial charge in [0.2, 0.25) is 5.91 Å². The van der Waals surface area contributed by atoms with Crippen molar-refractivity contribution >= 4 is 56.4 Å². The molecule has 0 atom stereocenters. The average molecular weight is 526 g/mol. The fraction of sp³-hybridized carbons (Fsp3) is 0.160. The summed E-state index contributed by atoms with van der Waals surface area (Å²) in [5.41, 5.74) is 3.11. The summed E-state index contributed by atoms with van der Waals surface area (Å²) >= 11 is 8.73. The fourth-order valence-electron chi connectivity index (χ4n) is 2.97. The maximum absolute atomic E-state index is 12.6. The van der Waals surface area contributed by atoms with Gasteiger partial charge < -0.3 is 15.0 Å². The van der Waals surface area contributed by atoms with Crippen molar-refractivity contribution in [2.24, 2.45) is 0 Å². The Balaban J connectivity index is 1.52. The summed E-state index contributed by atoms with van der Waals surface area (Å²) in [6, 6.07) is 22.4. The molecule has 0 radical (unpaired) electrons. The molecule has 0 spiro atoms. The van der Waals surface area contributed by atoms with Gasteiger partial charge in [-0.15, -0.1) is 0 Å². The van der Waals surface area contributed by atoms with Crippen LogP contribution in [0.3, 0.4) is 0 Å². The zero-order valence-corrected chi connectivity index (χ0v) is 20.7. The molecule has 0 aliphatic carbocycles. The van der Waals surface area contributed by atoms with Crippen LogP contribution in [0.25, 0.3) is 0 Å². The highest BCUT2D eigenvalue weighted by atomic mass is 79.9. The Morgan fingerprint density at radius 3 is 2.36 bits per heavy atom. The van der Waals surface area contributed by atoms with E-state index in [0.717, 1.165) is 12.1 Å². The standard InChI is InChI=1S/C25H24BrN3O3S/c1-17(30)29(2)21-11-9-20(10-12-21)27-25(33)28-24(31)19-8-13-23(22(26)16-19)32-15-14-18-6-4-3-5-7-18/h3-13,16H,14-15H2,1-2H3,(H2,27,28,31,33). The van der Waals surface area contributed by atoms with Crippen LogP contribution in [-0.2, 0) is 11.2 Å². The van der Waals surface area contributed by atoms with Crippen LogP contribution in [0.15, 0.2) is 77.3 Å². The van der Waals surface area contributed by atoms with E-state index in [1.807, 2.05) is 18.2 Å². The summed E-state index contributed by atoms with van der Waals surface area (Å²) in [4.78, 5) is 25.6. The highest BCUT2D eigenvalue weighted by molar-refractivity contribution is 9.10. The molecule has 33 heavy (non-hydrogen) atoms. The first-order valence-corrected chi connectivity index (χ1v) is 11.5. The lowest BCUT2D eigenvalue weighted by Crippen LogP contribution is -2.34. The molecule has 0 aliphatic heterocycles. The van der Waals surface area contributed by atoms with E-state index in [1.165, 1.54) is 17.4 Å². The number of benzene rings is 3. The van der Waals surface area contributed by atoms with Crippen molar-refractivity contribution in [3.05, 3.63) is 88.4 Å². The summed E-state index contributed by atoms with van der Waals surface area (Å²) in [5.74, 6) is 0.271. The Morgan fingerprint density at radius 1 is 1.03 bits per heavy atom. The minimum Gasteiger partial charge on any atom is -0.492 e. The average Bonchev–Trinajstić information content (AvgIpc) is 2.80. The Kier molecular flexibility index (Phi) is 8.57. The van der Waals surface area contributed by atoms with E-state index in [0.29, 0.717) is 28.1 Å². The van der Waals surface area contributed by atoms with Gasteiger partial charge in [-0.3, -0.25) is 14.9 Å². The summed E-state index contributed by atoms with van der Waals surface area (Å²) in [6.07, 6.45) is 0.793. The Morgan fingerprint density at radius 2 is 1.73 bits per heavy atom. The highest BCUT2D eigenvalue weighted by Gasteiger charge is 2.12. The van der Waals surface area contributed by atoms with Gasteiger partial charge >= 0.3 is 0 Å². The second kappa shape index (κ2) is 11.6. The van der Waals surface area contributed by atoms with E-state index in [1.54, 1.807) is 49.5 Å². The number of halogens is 1. The van der Waals surface area contributed by atoms with E-state index in [4.69, 9.17) is 17.0 Å². The van der Waals surface area contributed by atoms with Crippen molar-refractivity contribution in [1.29, 1.82) is 0 Å². The van der Waals surface area contributed by atoms with Gasteiger partial charge in [-0.05, 0) is 76.2 Å². The maximum Gasteiger partial charge on any atom is 0.257 e. The second-order valence-electron chi connectivity index (χ2n) is 7.26. The summed E-state index contributed by atoms with van der Waals surface area (Å²) in [7, 11) is 1.70. The lowest BCUT2D eigenvalue weighted by atomic mass is 10.2. The van der Waals surface area contributed by atoms with Crippen molar-refractivity contribution in [2.75, 3.05) is 23.9 Å². The van der Waals surface area contributed by atoms with Gasteiger partial charge in [0.25, 0.3) is 5.91 Å². The van der Waals surface area contributed by atoms with Gasteiger partial charge in [-0.25, -0.2) is 0 Å². The van der Waals surface area contributed by atoms with E-state index < -0.39 is 0 Å². The fourth-order valence-corrected chi connectivity index (χ4v) is 3.67. The molecule has 3 rings (SSSR count). The Bertz CT molecular complexity index is 1140. The third kappa shape index (κ3) is 7.13. The first kappa shape index (κ1) is 24.4. The number of nitrogens with one attached hydrogen (secondary N) is 2. The lowest BCUT2D eigenvalue weighted by Gasteiger charge is -2.16. The molecule has 0 saturated carbocycles. The van der Waals surface area contributed by atoms with Crippen molar-refractivity contribution in [1.82, 2.24) is 5.32 Å². The van der Waals surface area contributed by atoms with Gasteiger partial charge in [0, 0.05) is 37.3 Å². The Labute approximate surface area is 207 Å². The van der Waals surface area contributed by atoms with E-state index in [9.17, 15) is 9.59 Å². The van der Waals surface area contributed by atoms with E-state index >= 15 is 0 Å². The number of rotatable bonds is 7.